The molecule has 1 amide bonds. The monoisotopic (exact) mass is 255 g/mol. The van der Waals surface area contributed by atoms with Crippen LogP contribution in [0.4, 0.5) is 0 Å². The van der Waals surface area contributed by atoms with Crippen LogP contribution in [-0.4, -0.2) is 12.5 Å². The summed E-state index contributed by atoms with van der Waals surface area (Å²) in [5.74, 6) is 0.574. The predicted octanol–water partition coefficient (Wildman–Crippen LogP) is 2.94. The lowest BCUT2D eigenvalue weighted by Crippen LogP contribution is -2.31. The first-order chi connectivity index (χ1) is 9.25. The molecule has 2 aromatic carbocycles. The van der Waals surface area contributed by atoms with Gasteiger partial charge in [0.2, 0.25) is 0 Å². The third kappa shape index (κ3) is 4.14. The van der Waals surface area contributed by atoms with Crippen molar-refractivity contribution < 1.29 is 9.53 Å². The highest BCUT2D eigenvalue weighted by Gasteiger charge is 2.09. The Morgan fingerprint density at radius 1 is 1.05 bits per heavy atom. The molecule has 0 aliphatic rings. The molecule has 0 unspecified atom stereocenters. The Hall–Kier alpha value is -2.29. The molecule has 0 fully saturated rings. The number of carbonyl (C=O) groups excluding carboxylic acids is 1. The van der Waals surface area contributed by atoms with E-state index in [1.807, 2.05) is 67.6 Å². The first-order valence-corrected chi connectivity index (χ1v) is 6.28. The minimum atomic E-state index is -0.125. The van der Waals surface area contributed by atoms with Crippen LogP contribution < -0.4 is 10.1 Å². The first kappa shape index (κ1) is 13.1. The number of hydrogen-bond acceptors (Lipinski definition) is 2. The first-order valence-electron chi connectivity index (χ1n) is 6.28. The summed E-state index contributed by atoms with van der Waals surface area (Å²) in [5, 5.41) is 2.90. The number of para-hydroxylation sites is 1. The molecule has 2 rings (SSSR count). The van der Waals surface area contributed by atoms with Gasteiger partial charge in [0.05, 0.1) is 6.04 Å². The maximum absolute atomic E-state index is 11.8. The van der Waals surface area contributed by atoms with Crippen molar-refractivity contribution in [3.05, 3.63) is 66.2 Å². The van der Waals surface area contributed by atoms with Crippen LogP contribution in [0.5, 0.6) is 5.75 Å². The summed E-state index contributed by atoms with van der Waals surface area (Å²) in [6.45, 7) is 1.98. The highest BCUT2D eigenvalue weighted by Crippen LogP contribution is 2.11. The van der Waals surface area contributed by atoms with Crippen molar-refractivity contribution in [3.63, 3.8) is 0 Å². The fourth-order valence-corrected chi connectivity index (χ4v) is 1.77. The summed E-state index contributed by atoms with van der Waals surface area (Å²) in [6.07, 6.45) is 0. The zero-order chi connectivity index (χ0) is 13.5. The van der Waals surface area contributed by atoms with Crippen LogP contribution in [0.1, 0.15) is 18.5 Å². The fraction of sp³-hybridized carbons (Fsp3) is 0.188. The van der Waals surface area contributed by atoms with Crippen LogP contribution in [0, 0.1) is 0 Å². The Kier molecular flexibility index (Phi) is 4.56. The molecule has 0 aliphatic heterocycles. The van der Waals surface area contributed by atoms with Gasteiger partial charge in [-0.3, -0.25) is 4.79 Å². The average Bonchev–Trinajstić information content (AvgIpc) is 2.47. The summed E-state index contributed by atoms with van der Waals surface area (Å²) in [4.78, 5) is 11.8. The molecule has 1 atom stereocenters. The van der Waals surface area contributed by atoms with E-state index in [1.165, 1.54) is 0 Å². The highest BCUT2D eigenvalue weighted by molar-refractivity contribution is 5.78. The summed E-state index contributed by atoms with van der Waals surface area (Å²) in [5.41, 5.74) is 1.08. The Balaban J connectivity index is 1.82. The van der Waals surface area contributed by atoms with Gasteiger partial charge in [-0.15, -0.1) is 0 Å². The smallest absolute Gasteiger partial charge is 0.258 e. The molecule has 3 heteroatoms. The van der Waals surface area contributed by atoms with Gasteiger partial charge in [-0.1, -0.05) is 48.5 Å². The van der Waals surface area contributed by atoms with Gasteiger partial charge in [0.25, 0.3) is 5.91 Å². The normalized spacial score (nSPS) is 11.6. The van der Waals surface area contributed by atoms with E-state index in [1.54, 1.807) is 0 Å². The number of rotatable bonds is 5. The van der Waals surface area contributed by atoms with Gasteiger partial charge in [-0.2, -0.15) is 0 Å². The molecule has 0 aliphatic carbocycles. The molecule has 98 valence electrons. The summed E-state index contributed by atoms with van der Waals surface area (Å²) >= 11 is 0. The van der Waals surface area contributed by atoms with Gasteiger partial charge in [-0.25, -0.2) is 0 Å². The van der Waals surface area contributed by atoms with E-state index in [4.69, 9.17) is 4.74 Å². The van der Waals surface area contributed by atoms with Crippen LogP contribution in [0.15, 0.2) is 60.7 Å². The van der Waals surface area contributed by atoms with Crippen LogP contribution in [-0.2, 0) is 4.79 Å². The fourth-order valence-electron chi connectivity index (χ4n) is 1.77. The van der Waals surface area contributed by atoms with Crippen molar-refractivity contribution in [1.29, 1.82) is 0 Å². The molecule has 0 saturated carbocycles. The Labute approximate surface area is 113 Å². The quantitative estimate of drug-likeness (QED) is 0.892. The standard InChI is InChI=1S/C16H17NO2/c1-13(14-8-4-2-5-9-14)17-16(18)12-19-15-10-6-3-7-11-15/h2-11,13H,12H2,1H3,(H,17,18)/t13-/m0/s1. The molecule has 0 saturated heterocycles. The minimum Gasteiger partial charge on any atom is -0.484 e. The van der Waals surface area contributed by atoms with Gasteiger partial charge in [-0.05, 0) is 24.6 Å². The molecule has 0 aromatic heterocycles. The number of amides is 1. The van der Waals surface area contributed by atoms with Crippen LogP contribution in [0.2, 0.25) is 0 Å². The zero-order valence-corrected chi connectivity index (χ0v) is 10.9. The van der Waals surface area contributed by atoms with E-state index in [9.17, 15) is 4.79 Å². The van der Waals surface area contributed by atoms with E-state index in [-0.39, 0.29) is 18.6 Å². The molecule has 2 aromatic rings. The lowest BCUT2D eigenvalue weighted by molar-refractivity contribution is -0.123. The number of ether oxygens (including phenoxy) is 1. The van der Waals surface area contributed by atoms with E-state index in [2.05, 4.69) is 5.32 Å². The van der Waals surface area contributed by atoms with Crippen molar-refractivity contribution in [2.45, 2.75) is 13.0 Å². The maximum atomic E-state index is 11.8. The number of hydrogen-bond donors (Lipinski definition) is 1. The molecule has 1 N–H and O–H groups in total. The largest absolute Gasteiger partial charge is 0.484 e. The van der Waals surface area contributed by atoms with Crippen LogP contribution in [0.25, 0.3) is 0 Å². The SMILES string of the molecule is C[C@H](NC(=O)COc1ccccc1)c1ccccc1. The Bertz CT molecular complexity index is 511. The second kappa shape index (κ2) is 6.59. The molecule has 3 nitrogen and oxygen atoms in total. The predicted molar refractivity (Wildman–Crippen MR) is 74.9 cm³/mol. The summed E-state index contributed by atoms with van der Waals surface area (Å²) < 4.78 is 5.39. The molecular weight excluding hydrogens is 238 g/mol. The van der Waals surface area contributed by atoms with Gasteiger partial charge in [0.15, 0.2) is 6.61 Å². The van der Waals surface area contributed by atoms with Crippen LogP contribution in [0.3, 0.4) is 0 Å². The van der Waals surface area contributed by atoms with Crippen molar-refractivity contribution in [2.24, 2.45) is 0 Å². The van der Waals surface area contributed by atoms with Crippen molar-refractivity contribution >= 4 is 5.91 Å². The number of carbonyl (C=O) groups is 1. The molecule has 19 heavy (non-hydrogen) atoms. The molecular formula is C16H17NO2. The molecule has 0 spiro atoms. The molecule has 0 heterocycles. The van der Waals surface area contributed by atoms with E-state index in [0.717, 1.165) is 5.56 Å². The third-order valence-electron chi connectivity index (χ3n) is 2.79. The van der Waals surface area contributed by atoms with E-state index in [0.29, 0.717) is 5.75 Å². The number of benzene rings is 2. The molecule has 0 radical (unpaired) electrons. The van der Waals surface area contributed by atoms with E-state index < -0.39 is 0 Å². The number of nitrogens with one attached hydrogen (secondary N) is 1. The summed E-state index contributed by atoms with van der Waals surface area (Å²) in [6, 6.07) is 19.1. The van der Waals surface area contributed by atoms with Gasteiger partial charge in [0, 0.05) is 0 Å². The lowest BCUT2D eigenvalue weighted by Gasteiger charge is -2.14. The Morgan fingerprint density at radius 2 is 1.63 bits per heavy atom. The maximum Gasteiger partial charge on any atom is 0.258 e. The van der Waals surface area contributed by atoms with Crippen molar-refractivity contribution in [1.82, 2.24) is 5.32 Å². The second-order valence-electron chi connectivity index (χ2n) is 4.30. The van der Waals surface area contributed by atoms with E-state index >= 15 is 0 Å². The minimum absolute atomic E-state index is 0.0203. The zero-order valence-electron chi connectivity index (χ0n) is 10.9. The van der Waals surface area contributed by atoms with Crippen molar-refractivity contribution in [2.75, 3.05) is 6.61 Å². The lowest BCUT2D eigenvalue weighted by atomic mass is 10.1. The van der Waals surface area contributed by atoms with Gasteiger partial charge in [0.1, 0.15) is 5.75 Å². The second-order valence-corrected chi connectivity index (χ2v) is 4.30. The molecule has 0 bridgehead atoms. The highest BCUT2D eigenvalue weighted by atomic mass is 16.5. The van der Waals surface area contributed by atoms with Gasteiger partial charge >= 0.3 is 0 Å². The average molecular weight is 255 g/mol. The van der Waals surface area contributed by atoms with Gasteiger partial charge < -0.3 is 10.1 Å². The van der Waals surface area contributed by atoms with Crippen molar-refractivity contribution in [3.8, 4) is 5.75 Å². The Morgan fingerprint density at radius 3 is 2.26 bits per heavy atom. The summed E-state index contributed by atoms with van der Waals surface area (Å²) in [7, 11) is 0. The third-order valence-corrected chi connectivity index (χ3v) is 2.79. The van der Waals surface area contributed by atoms with Crippen LogP contribution >= 0.6 is 0 Å². The topological polar surface area (TPSA) is 38.3 Å².